The first-order chi connectivity index (χ1) is 9.83. The van der Waals surface area contributed by atoms with Gasteiger partial charge < -0.3 is 15.8 Å². The molecule has 2 atom stereocenters. The van der Waals surface area contributed by atoms with Crippen LogP contribution in [0.15, 0.2) is 54.6 Å². The van der Waals surface area contributed by atoms with Crippen molar-refractivity contribution in [3.63, 3.8) is 0 Å². The Morgan fingerprint density at radius 3 is 2.50 bits per heavy atom. The highest BCUT2D eigenvalue weighted by molar-refractivity contribution is 5.41. The van der Waals surface area contributed by atoms with E-state index in [1.54, 1.807) is 0 Å². The average Bonchev–Trinajstić information content (AvgIpc) is 2.51. The fraction of sp³-hybridized carbons (Fsp3) is 0.294. The van der Waals surface area contributed by atoms with E-state index in [2.05, 4.69) is 35.6 Å². The molecule has 0 saturated carbocycles. The van der Waals surface area contributed by atoms with Crippen LogP contribution in [-0.2, 0) is 0 Å². The molecule has 20 heavy (non-hydrogen) atoms. The van der Waals surface area contributed by atoms with Crippen molar-refractivity contribution in [2.45, 2.75) is 18.4 Å². The molecule has 3 heteroatoms. The second-order valence-electron chi connectivity index (χ2n) is 5.24. The molecule has 104 valence electrons. The van der Waals surface area contributed by atoms with Crippen LogP contribution in [0.1, 0.15) is 17.9 Å². The third-order valence-corrected chi connectivity index (χ3v) is 3.81. The maximum Gasteiger partial charge on any atom is 0.119 e. The van der Waals surface area contributed by atoms with Crippen LogP contribution in [0.2, 0.25) is 0 Å². The molecule has 0 amide bonds. The zero-order valence-electron chi connectivity index (χ0n) is 11.5. The summed E-state index contributed by atoms with van der Waals surface area (Å²) in [5, 5.41) is 3.46. The van der Waals surface area contributed by atoms with Crippen LogP contribution in [0.3, 0.4) is 0 Å². The van der Waals surface area contributed by atoms with Crippen molar-refractivity contribution in [1.82, 2.24) is 5.32 Å². The predicted molar refractivity (Wildman–Crippen MR) is 81.9 cm³/mol. The van der Waals surface area contributed by atoms with Crippen molar-refractivity contribution < 1.29 is 4.74 Å². The van der Waals surface area contributed by atoms with Gasteiger partial charge in [-0.15, -0.1) is 0 Å². The minimum atomic E-state index is 0.210. The van der Waals surface area contributed by atoms with E-state index in [0.29, 0.717) is 5.92 Å². The van der Waals surface area contributed by atoms with Gasteiger partial charge in [-0.2, -0.15) is 0 Å². The van der Waals surface area contributed by atoms with Crippen LogP contribution in [0.25, 0.3) is 0 Å². The molecule has 0 aromatic heterocycles. The van der Waals surface area contributed by atoms with Gasteiger partial charge in [0.1, 0.15) is 11.9 Å². The molecule has 1 fully saturated rings. The van der Waals surface area contributed by atoms with E-state index >= 15 is 0 Å². The van der Waals surface area contributed by atoms with Gasteiger partial charge in [0.15, 0.2) is 0 Å². The molecule has 3 rings (SSSR count). The number of ether oxygens (including phenoxy) is 1. The molecule has 2 aromatic carbocycles. The summed E-state index contributed by atoms with van der Waals surface area (Å²) in [6.07, 6.45) is 1.23. The summed E-state index contributed by atoms with van der Waals surface area (Å²) in [6.45, 7) is 1.96. The largest absolute Gasteiger partial charge is 0.490 e. The minimum Gasteiger partial charge on any atom is -0.490 e. The van der Waals surface area contributed by atoms with Crippen molar-refractivity contribution in [3.8, 4) is 5.75 Å². The number of nitrogen functional groups attached to an aromatic ring is 1. The number of piperidine rings is 1. The predicted octanol–water partition coefficient (Wildman–Crippen LogP) is 2.79. The Bertz CT molecular complexity index is 539. The highest BCUT2D eigenvalue weighted by atomic mass is 16.5. The Morgan fingerprint density at radius 2 is 1.75 bits per heavy atom. The number of rotatable bonds is 3. The molecule has 1 aliphatic heterocycles. The summed E-state index contributed by atoms with van der Waals surface area (Å²) in [6, 6.07) is 18.2. The van der Waals surface area contributed by atoms with E-state index in [4.69, 9.17) is 10.5 Å². The van der Waals surface area contributed by atoms with Gasteiger partial charge in [0.05, 0.1) is 0 Å². The standard InChI is InChI=1S/C17H20N2O/c18-14-6-8-15(9-7-14)20-17-10-11-19-12-16(17)13-4-2-1-3-5-13/h1-9,16-17,19H,10-12,18H2/t16-,17-/m0/s1. The van der Waals surface area contributed by atoms with Crippen LogP contribution in [0.5, 0.6) is 5.75 Å². The Kier molecular flexibility index (Phi) is 3.88. The summed E-state index contributed by atoms with van der Waals surface area (Å²) in [5.41, 5.74) is 7.81. The van der Waals surface area contributed by atoms with Crippen molar-refractivity contribution in [3.05, 3.63) is 60.2 Å². The van der Waals surface area contributed by atoms with Crippen LogP contribution < -0.4 is 15.8 Å². The van der Waals surface area contributed by atoms with Gasteiger partial charge in [0.25, 0.3) is 0 Å². The molecule has 3 N–H and O–H groups in total. The lowest BCUT2D eigenvalue weighted by atomic mass is 9.89. The minimum absolute atomic E-state index is 0.210. The summed E-state index contributed by atoms with van der Waals surface area (Å²) in [7, 11) is 0. The maximum absolute atomic E-state index is 6.18. The van der Waals surface area contributed by atoms with E-state index < -0.39 is 0 Å². The lowest BCUT2D eigenvalue weighted by molar-refractivity contribution is 0.138. The van der Waals surface area contributed by atoms with Crippen molar-refractivity contribution >= 4 is 5.69 Å². The molecule has 0 unspecified atom stereocenters. The zero-order chi connectivity index (χ0) is 13.8. The molecule has 0 spiro atoms. The smallest absolute Gasteiger partial charge is 0.119 e. The second kappa shape index (κ2) is 5.97. The van der Waals surface area contributed by atoms with Gasteiger partial charge in [0.2, 0.25) is 0 Å². The van der Waals surface area contributed by atoms with Crippen LogP contribution in [0.4, 0.5) is 5.69 Å². The highest BCUT2D eigenvalue weighted by Gasteiger charge is 2.27. The van der Waals surface area contributed by atoms with E-state index in [9.17, 15) is 0 Å². The van der Waals surface area contributed by atoms with E-state index in [-0.39, 0.29) is 6.10 Å². The molecule has 2 aromatic rings. The first-order valence-corrected chi connectivity index (χ1v) is 7.11. The third kappa shape index (κ3) is 2.94. The first-order valence-electron chi connectivity index (χ1n) is 7.11. The van der Waals surface area contributed by atoms with Gasteiger partial charge in [-0.3, -0.25) is 0 Å². The fourth-order valence-corrected chi connectivity index (χ4v) is 2.73. The quantitative estimate of drug-likeness (QED) is 0.842. The summed E-state index contributed by atoms with van der Waals surface area (Å²) in [4.78, 5) is 0. The van der Waals surface area contributed by atoms with Crippen molar-refractivity contribution in [2.75, 3.05) is 18.8 Å². The monoisotopic (exact) mass is 268 g/mol. The second-order valence-corrected chi connectivity index (χ2v) is 5.24. The number of nitrogens with two attached hydrogens (primary N) is 1. The van der Waals surface area contributed by atoms with E-state index in [0.717, 1.165) is 30.9 Å². The molecule has 1 heterocycles. The topological polar surface area (TPSA) is 47.3 Å². The Hall–Kier alpha value is -2.00. The van der Waals surface area contributed by atoms with Gasteiger partial charge >= 0.3 is 0 Å². The normalized spacial score (nSPS) is 22.4. The lowest BCUT2D eigenvalue weighted by Gasteiger charge is -2.33. The van der Waals surface area contributed by atoms with Gasteiger partial charge in [-0.25, -0.2) is 0 Å². The maximum atomic E-state index is 6.18. The van der Waals surface area contributed by atoms with Crippen LogP contribution in [-0.4, -0.2) is 19.2 Å². The molecule has 1 aliphatic rings. The van der Waals surface area contributed by atoms with Gasteiger partial charge in [-0.1, -0.05) is 30.3 Å². The molecular weight excluding hydrogens is 248 g/mol. The van der Waals surface area contributed by atoms with Crippen molar-refractivity contribution in [1.29, 1.82) is 0 Å². The van der Waals surface area contributed by atoms with E-state index in [1.165, 1.54) is 5.56 Å². The van der Waals surface area contributed by atoms with E-state index in [1.807, 2.05) is 24.3 Å². The van der Waals surface area contributed by atoms with Gasteiger partial charge in [-0.05, 0) is 42.8 Å². The average molecular weight is 268 g/mol. The molecule has 0 aliphatic carbocycles. The Labute approximate surface area is 119 Å². The van der Waals surface area contributed by atoms with Crippen molar-refractivity contribution in [2.24, 2.45) is 0 Å². The third-order valence-electron chi connectivity index (χ3n) is 3.81. The van der Waals surface area contributed by atoms with Crippen LogP contribution in [0, 0.1) is 0 Å². The number of hydrogen-bond acceptors (Lipinski definition) is 3. The molecule has 0 bridgehead atoms. The number of nitrogens with one attached hydrogen (secondary N) is 1. The van der Waals surface area contributed by atoms with Gasteiger partial charge in [0, 0.05) is 18.2 Å². The zero-order valence-corrected chi connectivity index (χ0v) is 11.5. The van der Waals surface area contributed by atoms with Crippen LogP contribution >= 0.6 is 0 Å². The molecular formula is C17H20N2O. The summed E-state index contributed by atoms with van der Waals surface area (Å²) in [5.74, 6) is 1.29. The summed E-state index contributed by atoms with van der Waals surface area (Å²) < 4.78 is 6.18. The SMILES string of the molecule is Nc1ccc(O[C@H]2CCNC[C@H]2c2ccccc2)cc1. The number of anilines is 1. The molecule has 0 radical (unpaired) electrons. The molecule has 1 saturated heterocycles. The fourth-order valence-electron chi connectivity index (χ4n) is 2.73. The number of hydrogen-bond donors (Lipinski definition) is 2. The Balaban J connectivity index is 1.77. The Morgan fingerprint density at radius 1 is 1.00 bits per heavy atom. The summed E-state index contributed by atoms with van der Waals surface area (Å²) >= 11 is 0. The first kappa shape index (κ1) is 13.0. The lowest BCUT2D eigenvalue weighted by Crippen LogP contribution is -2.41. The highest BCUT2D eigenvalue weighted by Crippen LogP contribution is 2.28. The molecule has 3 nitrogen and oxygen atoms in total. The number of benzene rings is 2.